The Morgan fingerprint density at radius 3 is 2.47 bits per heavy atom. The first kappa shape index (κ1) is 21.6. The molecule has 1 N–H and O–H groups in total. The van der Waals surface area contributed by atoms with Gasteiger partial charge in [0.25, 0.3) is 11.7 Å². The average molecular weight is 408 g/mol. The van der Waals surface area contributed by atoms with Crippen molar-refractivity contribution in [2.24, 2.45) is 0 Å². The molecule has 1 heterocycles. The molecule has 1 unspecified atom stereocenters. The molecule has 2 aromatic rings. The minimum Gasteiger partial charge on any atom is -0.507 e. The summed E-state index contributed by atoms with van der Waals surface area (Å²) in [5.74, 6) is -0.771. The summed E-state index contributed by atoms with van der Waals surface area (Å²) in [5.41, 5.74) is 2.39. The molecule has 3 rings (SSSR count). The molecule has 1 aliphatic rings. The van der Waals surface area contributed by atoms with Crippen molar-refractivity contribution < 1.29 is 19.4 Å². The molecule has 6 nitrogen and oxygen atoms in total. The first-order valence-corrected chi connectivity index (χ1v) is 10.1. The van der Waals surface area contributed by atoms with Crippen molar-refractivity contribution in [1.29, 1.82) is 0 Å². The third-order valence-corrected chi connectivity index (χ3v) is 5.14. The quantitative estimate of drug-likeness (QED) is 0.432. The number of likely N-dealkylation sites (tertiary alicyclic amines) is 1. The van der Waals surface area contributed by atoms with Gasteiger partial charge < -0.3 is 19.6 Å². The third kappa shape index (κ3) is 4.39. The molecule has 1 saturated heterocycles. The SMILES string of the molecule is CCOc1cccc(C2/C(=C(/O)c3ccc(C)cc3)C(=O)C(=O)N2CCN(C)C)c1. The average Bonchev–Trinajstić information content (AvgIpc) is 2.97. The lowest BCUT2D eigenvalue weighted by Gasteiger charge is -2.26. The van der Waals surface area contributed by atoms with Gasteiger partial charge >= 0.3 is 0 Å². The van der Waals surface area contributed by atoms with Crippen molar-refractivity contribution in [2.45, 2.75) is 19.9 Å². The predicted octanol–water partition coefficient (Wildman–Crippen LogP) is 3.38. The summed E-state index contributed by atoms with van der Waals surface area (Å²) in [5, 5.41) is 11.0. The van der Waals surface area contributed by atoms with Gasteiger partial charge in [-0.3, -0.25) is 9.59 Å². The summed E-state index contributed by atoms with van der Waals surface area (Å²) >= 11 is 0. The number of carbonyl (C=O) groups is 2. The number of aliphatic hydroxyl groups excluding tert-OH is 1. The molecule has 1 amide bonds. The fourth-order valence-corrected chi connectivity index (χ4v) is 3.57. The Morgan fingerprint density at radius 2 is 1.83 bits per heavy atom. The van der Waals surface area contributed by atoms with Gasteiger partial charge in [0.05, 0.1) is 18.2 Å². The molecule has 2 aromatic carbocycles. The number of Topliss-reactive ketones (excluding diaryl/α,β-unsaturated/α-hetero) is 1. The number of ether oxygens (including phenoxy) is 1. The van der Waals surface area contributed by atoms with E-state index in [-0.39, 0.29) is 11.3 Å². The second-order valence-electron chi connectivity index (χ2n) is 7.67. The van der Waals surface area contributed by atoms with Crippen LogP contribution < -0.4 is 4.74 Å². The Kier molecular flexibility index (Phi) is 6.57. The zero-order valence-corrected chi connectivity index (χ0v) is 17.9. The van der Waals surface area contributed by atoms with E-state index >= 15 is 0 Å². The van der Waals surface area contributed by atoms with E-state index in [0.29, 0.717) is 31.0 Å². The topological polar surface area (TPSA) is 70.1 Å². The number of benzene rings is 2. The van der Waals surface area contributed by atoms with E-state index in [9.17, 15) is 14.7 Å². The van der Waals surface area contributed by atoms with Crippen LogP contribution in [0.5, 0.6) is 5.75 Å². The van der Waals surface area contributed by atoms with Gasteiger partial charge in [-0.25, -0.2) is 0 Å². The van der Waals surface area contributed by atoms with Crippen molar-refractivity contribution in [3.63, 3.8) is 0 Å². The fraction of sp³-hybridized carbons (Fsp3) is 0.333. The van der Waals surface area contributed by atoms with Gasteiger partial charge in [-0.15, -0.1) is 0 Å². The van der Waals surface area contributed by atoms with Gasteiger partial charge in [0.1, 0.15) is 11.5 Å². The molecule has 0 radical (unpaired) electrons. The molecular formula is C24H28N2O4. The summed E-state index contributed by atoms with van der Waals surface area (Å²) in [7, 11) is 3.82. The predicted molar refractivity (Wildman–Crippen MR) is 116 cm³/mol. The summed E-state index contributed by atoms with van der Waals surface area (Å²) in [6, 6.07) is 13.9. The zero-order chi connectivity index (χ0) is 21.8. The van der Waals surface area contributed by atoms with Crippen LogP contribution in [0, 0.1) is 6.92 Å². The highest BCUT2D eigenvalue weighted by Crippen LogP contribution is 2.40. The maximum absolute atomic E-state index is 13.0. The van der Waals surface area contributed by atoms with Gasteiger partial charge in [0.15, 0.2) is 0 Å². The largest absolute Gasteiger partial charge is 0.507 e. The number of hydrogen-bond acceptors (Lipinski definition) is 5. The fourth-order valence-electron chi connectivity index (χ4n) is 3.57. The lowest BCUT2D eigenvalue weighted by molar-refractivity contribution is -0.140. The zero-order valence-electron chi connectivity index (χ0n) is 17.9. The van der Waals surface area contributed by atoms with Crippen LogP contribution >= 0.6 is 0 Å². The van der Waals surface area contributed by atoms with Crippen LogP contribution in [0.25, 0.3) is 5.76 Å². The number of aliphatic hydroxyl groups is 1. The molecule has 0 saturated carbocycles. The summed E-state index contributed by atoms with van der Waals surface area (Å²) < 4.78 is 5.61. The van der Waals surface area contributed by atoms with Gasteiger partial charge in [-0.05, 0) is 45.6 Å². The Labute approximate surface area is 177 Å². The van der Waals surface area contributed by atoms with Crippen LogP contribution in [0.1, 0.15) is 29.7 Å². The summed E-state index contributed by atoms with van der Waals surface area (Å²) in [6.45, 7) is 5.31. The minimum atomic E-state index is -0.674. The standard InChI is InChI=1S/C24H28N2O4/c1-5-30-19-8-6-7-18(15-19)21-20(22(27)17-11-9-16(2)10-12-17)23(28)24(29)26(21)14-13-25(3)4/h6-12,15,21,27H,5,13-14H2,1-4H3/b22-20-. The highest BCUT2D eigenvalue weighted by molar-refractivity contribution is 6.46. The Balaban J connectivity index is 2.14. The second-order valence-corrected chi connectivity index (χ2v) is 7.67. The van der Waals surface area contributed by atoms with Crippen LogP contribution in [-0.4, -0.2) is 60.4 Å². The number of hydrogen-bond donors (Lipinski definition) is 1. The van der Waals surface area contributed by atoms with E-state index < -0.39 is 17.7 Å². The lowest BCUT2D eigenvalue weighted by Crippen LogP contribution is -2.35. The summed E-state index contributed by atoms with van der Waals surface area (Å²) in [6.07, 6.45) is 0. The highest BCUT2D eigenvalue weighted by Gasteiger charge is 2.46. The molecule has 30 heavy (non-hydrogen) atoms. The van der Waals surface area contributed by atoms with Crippen LogP contribution in [0.4, 0.5) is 0 Å². The second kappa shape index (κ2) is 9.13. The van der Waals surface area contributed by atoms with Gasteiger partial charge in [-0.2, -0.15) is 0 Å². The Bertz CT molecular complexity index is 963. The summed E-state index contributed by atoms with van der Waals surface area (Å²) in [4.78, 5) is 29.4. The van der Waals surface area contributed by atoms with E-state index in [2.05, 4.69) is 0 Å². The maximum atomic E-state index is 13.0. The van der Waals surface area contributed by atoms with Crippen LogP contribution in [0.2, 0.25) is 0 Å². The number of amides is 1. The van der Waals surface area contributed by atoms with E-state index in [0.717, 1.165) is 11.1 Å². The molecule has 0 bridgehead atoms. The van der Waals surface area contributed by atoms with Crippen molar-refractivity contribution in [1.82, 2.24) is 9.80 Å². The number of likely N-dealkylation sites (N-methyl/N-ethyl adjacent to an activating group) is 1. The first-order valence-electron chi connectivity index (χ1n) is 10.1. The number of nitrogens with zero attached hydrogens (tertiary/aromatic N) is 2. The molecule has 0 aliphatic carbocycles. The molecular weight excluding hydrogens is 380 g/mol. The normalized spacial score (nSPS) is 18.3. The van der Waals surface area contributed by atoms with Gasteiger partial charge in [0.2, 0.25) is 0 Å². The van der Waals surface area contributed by atoms with Crippen LogP contribution in [0.3, 0.4) is 0 Å². The third-order valence-electron chi connectivity index (χ3n) is 5.14. The Morgan fingerprint density at radius 1 is 1.13 bits per heavy atom. The van der Waals surface area contributed by atoms with Crippen LogP contribution in [-0.2, 0) is 9.59 Å². The smallest absolute Gasteiger partial charge is 0.295 e. The van der Waals surface area contributed by atoms with E-state index in [1.807, 2.05) is 69.2 Å². The number of rotatable bonds is 7. The number of carbonyl (C=O) groups excluding carboxylic acids is 2. The van der Waals surface area contributed by atoms with E-state index in [1.54, 1.807) is 12.1 Å². The highest BCUT2D eigenvalue weighted by atomic mass is 16.5. The minimum absolute atomic E-state index is 0.108. The van der Waals surface area contributed by atoms with E-state index in [1.165, 1.54) is 4.90 Å². The van der Waals surface area contributed by atoms with Crippen molar-refractivity contribution >= 4 is 17.4 Å². The molecule has 1 aliphatic heterocycles. The van der Waals surface area contributed by atoms with Crippen molar-refractivity contribution in [3.05, 3.63) is 70.8 Å². The molecule has 0 aromatic heterocycles. The van der Waals surface area contributed by atoms with Crippen LogP contribution in [0.15, 0.2) is 54.1 Å². The van der Waals surface area contributed by atoms with Gasteiger partial charge in [0, 0.05) is 18.7 Å². The first-order chi connectivity index (χ1) is 14.3. The molecule has 158 valence electrons. The van der Waals surface area contributed by atoms with Gasteiger partial charge in [-0.1, -0.05) is 42.0 Å². The maximum Gasteiger partial charge on any atom is 0.295 e. The van der Waals surface area contributed by atoms with Crippen molar-refractivity contribution in [2.75, 3.05) is 33.8 Å². The van der Waals surface area contributed by atoms with Crippen molar-refractivity contribution in [3.8, 4) is 5.75 Å². The number of aryl methyl sites for hydroxylation is 1. The van der Waals surface area contributed by atoms with E-state index in [4.69, 9.17) is 4.74 Å². The molecule has 6 heteroatoms. The molecule has 1 fully saturated rings. The molecule has 0 spiro atoms. The monoisotopic (exact) mass is 408 g/mol. The number of ketones is 1. The Hall–Kier alpha value is -3.12. The lowest BCUT2D eigenvalue weighted by atomic mass is 9.95. The molecule has 1 atom stereocenters.